The molecule has 2 bridgehead atoms. The number of nitrogens with one attached hydrogen (secondary N) is 4. The molecular weight excluding hydrogens is 708 g/mol. The summed E-state index contributed by atoms with van der Waals surface area (Å²) in [6.07, 6.45) is 19.2. The first-order valence-electron chi connectivity index (χ1n) is 19.5. The van der Waals surface area contributed by atoms with Crippen LogP contribution in [0.4, 0.5) is 0 Å². The average Bonchev–Trinajstić information content (AvgIpc) is 3.11. The second kappa shape index (κ2) is 20.3. The fourth-order valence-electron chi connectivity index (χ4n) is 8.96. The Labute approximate surface area is 316 Å². The quantitative estimate of drug-likeness (QED) is 0.200. The minimum Gasteiger partial charge on any atom is -0.311 e. The molecule has 0 amide bonds. The van der Waals surface area contributed by atoms with Crippen molar-refractivity contribution in [2.24, 2.45) is 5.92 Å². The minimum absolute atomic E-state index is 0.00694. The van der Waals surface area contributed by atoms with Crippen molar-refractivity contribution in [1.29, 1.82) is 0 Å². The summed E-state index contributed by atoms with van der Waals surface area (Å²) in [6, 6.07) is 13.7. The topological polar surface area (TPSA) is 98.3 Å². The van der Waals surface area contributed by atoms with E-state index in [9.17, 15) is 4.79 Å². The predicted molar refractivity (Wildman–Crippen MR) is 203 cm³/mol. The number of carboxylic acids is 1. The van der Waals surface area contributed by atoms with Crippen LogP contribution in [-0.4, -0.2) is 53.3 Å². The standard InChI is InChI=1S/C27H43N5.C13H18O2.2ClH.Mn/c1-3-11-22-20(9-1)28-15-16-29-21-10-2-4-12-23(21)31-25-14-6-8-19-17-18-7-5-13-24(30-22)26(18)32-27(19)25;1-9(2)8-11-4-6-12(7-5-11)10(3)13(14)15;;;/h17,20-25,28-31H,1-16H2;4-7,9-10H,8H2,1-3H3,(H,14,15);2*1H;/q;;;;+2/p-2/t20-,21-,22-,23-,24+,25+;;;;/m1..../s1. The number of carboxylic acid groups (broad SMARTS) is 1. The van der Waals surface area contributed by atoms with Gasteiger partial charge in [-0.05, 0) is 106 Å². The molecule has 0 saturated heterocycles. The van der Waals surface area contributed by atoms with Gasteiger partial charge in [-0.15, -0.1) is 0 Å². The van der Waals surface area contributed by atoms with Crippen LogP contribution in [-0.2, 0) is 37.2 Å². The molecule has 5 N–H and O–H groups in total. The molecule has 2 saturated carbocycles. The zero-order valence-corrected chi connectivity index (χ0v) is 33.2. The molecule has 279 valence electrons. The third-order valence-corrected chi connectivity index (χ3v) is 11.6. The Morgan fingerprint density at radius 3 is 1.66 bits per heavy atom. The van der Waals surface area contributed by atoms with Crippen molar-refractivity contribution in [3.63, 3.8) is 0 Å². The molecule has 7 rings (SSSR count). The van der Waals surface area contributed by atoms with E-state index < -0.39 is 11.9 Å². The molecule has 50 heavy (non-hydrogen) atoms. The van der Waals surface area contributed by atoms with E-state index in [1.54, 1.807) is 6.92 Å². The maximum absolute atomic E-state index is 10.8. The molecule has 1 aromatic carbocycles. The molecule has 2 aromatic rings. The minimum atomic E-state index is -0.772. The van der Waals surface area contributed by atoms with Gasteiger partial charge in [0.1, 0.15) is 0 Å². The Morgan fingerprint density at radius 2 is 1.22 bits per heavy atom. The third kappa shape index (κ3) is 11.1. The fourth-order valence-corrected chi connectivity index (χ4v) is 8.96. The van der Waals surface area contributed by atoms with Gasteiger partial charge in [0, 0.05) is 37.3 Å². The largest absolute Gasteiger partial charge is 0.311 e. The summed E-state index contributed by atoms with van der Waals surface area (Å²) in [5, 5.41) is 25.0. The molecule has 5 aliphatic rings. The summed E-state index contributed by atoms with van der Waals surface area (Å²) >= 11 is 0.00694. The number of aliphatic carboxylic acids is 1. The number of benzene rings is 1. The monoisotopic (exact) mass is 768 g/mol. The molecule has 0 radical (unpaired) electrons. The van der Waals surface area contributed by atoms with Crippen LogP contribution in [0.15, 0.2) is 30.3 Å². The molecular formula is C40H61Cl2MnN5O2. The second-order valence-corrected chi connectivity index (χ2v) is 17.6. The molecule has 7 atom stereocenters. The molecule has 7 nitrogen and oxygen atoms in total. The van der Waals surface area contributed by atoms with Crippen LogP contribution in [0.2, 0.25) is 0 Å². The first-order chi connectivity index (χ1) is 24.3. The van der Waals surface area contributed by atoms with Crippen LogP contribution in [0.25, 0.3) is 0 Å². The van der Waals surface area contributed by atoms with E-state index >= 15 is 0 Å². The average molecular weight is 770 g/mol. The molecule has 4 aliphatic carbocycles. The SMILES string of the molecule is CC(C)Cc1ccc(C(C)C(=O)O)cc1.[Cl][Mn][Cl].c1c2c3nc4c1CCC[C@@H]4N[C@@H]1CCCC[C@H]1NCCN[C@@H]1CCCC[C@H]1N[C@H]3CCC2. The number of pyridine rings is 1. The first kappa shape index (κ1) is 40.0. The summed E-state index contributed by atoms with van der Waals surface area (Å²) in [4.78, 5) is 16.3. The van der Waals surface area contributed by atoms with E-state index in [-0.39, 0.29) is 13.1 Å². The van der Waals surface area contributed by atoms with Gasteiger partial charge in [0.2, 0.25) is 0 Å². The summed E-state index contributed by atoms with van der Waals surface area (Å²) in [7, 11) is 9.59. The van der Waals surface area contributed by atoms with Crippen LogP contribution >= 0.6 is 20.2 Å². The van der Waals surface area contributed by atoms with E-state index in [1.807, 2.05) is 24.3 Å². The number of aryl methyl sites for hydroxylation is 2. The van der Waals surface area contributed by atoms with Gasteiger partial charge in [-0.3, -0.25) is 9.78 Å². The summed E-state index contributed by atoms with van der Waals surface area (Å²) in [5.41, 5.74) is 7.99. The second-order valence-electron chi connectivity index (χ2n) is 15.7. The van der Waals surface area contributed by atoms with Crippen LogP contribution in [0.1, 0.15) is 149 Å². The van der Waals surface area contributed by atoms with Crippen LogP contribution < -0.4 is 21.3 Å². The fraction of sp³-hybridized carbons (Fsp3) is 0.700. The van der Waals surface area contributed by atoms with Gasteiger partial charge in [-0.1, -0.05) is 69.9 Å². The van der Waals surface area contributed by atoms with Crippen molar-refractivity contribution >= 4 is 26.2 Å². The van der Waals surface area contributed by atoms with Crippen LogP contribution in [0, 0.1) is 5.92 Å². The number of fused-ring (bicyclic) bond motifs is 2. The van der Waals surface area contributed by atoms with E-state index in [0.29, 0.717) is 42.2 Å². The molecule has 1 unspecified atom stereocenters. The summed E-state index contributed by atoms with van der Waals surface area (Å²) < 4.78 is 0. The van der Waals surface area contributed by atoms with E-state index in [1.165, 1.54) is 118 Å². The van der Waals surface area contributed by atoms with Gasteiger partial charge in [0.15, 0.2) is 0 Å². The number of rotatable bonds is 4. The number of hydrogen-bond donors (Lipinski definition) is 5. The Balaban J connectivity index is 0.000000227. The summed E-state index contributed by atoms with van der Waals surface area (Å²) in [5.74, 6) is -0.558. The zero-order chi connectivity index (χ0) is 35.5. The number of halogens is 2. The number of carbonyl (C=O) groups is 1. The predicted octanol–water partition coefficient (Wildman–Crippen LogP) is 8.28. The van der Waals surface area contributed by atoms with E-state index in [2.05, 4.69) is 41.2 Å². The number of hydrogen-bond acceptors (Lipinski definition) is 6. The Kier molecular flexibility index (Phi) is 16.2. The van der Waals surface area contributed by atoms with Crippen molar-refractivity contribution < 1.29 is 23.0 Å². The van der Waals surface area contributed by atoms with Crippen LogP contribution in [0.3, 0.4) is 0 Å². The van der Waals surface area contributed by atoms with Crippen molar-refractivity contribution in [3.05, 3.63) is 64.0 Å². The third-order valence-electron chi connectivity index (χ3n) is 11.6. The Hall–Kier alpha value is -1.22. The molecule has 1 aromatic heterocycles. The van der Waals surface area contributed by atoms with Crippen molar-refractivity contribution in [2.75, 3.05) is 13.1 Å². The van der Waals surface area contributed by atoms with E-state index in [0.717, 1.165) is 25.1 Å². The smallest absolute Gasteiger partial charge is 0.0609 e. The molecule has 1 aliphatic heterocycles. The van der Waals surface area contributed by atoms with Crippen molar-refractivity contribution in [2.45, 2.75) is 159 Å². The first-order valence-corrected chi connectivity index (χ1v) is 22.7. The van der Waals surface area contributed by atoms with Gasteiger partial charge in [-0.25, -0.2) is 0 Å². The Morgan fingerprint density at radius 1 is 0.760 bits per heavy atom. The number of nitrogens with zero attached hydrogens (tertiary/aromatic N) is 1. The molecule has 0 spiro atoms. The molecule has 10 heteroatoms. The summed E-state index contributed by atoms with van der Waals surface area (Å²) in [6.45, 7) is 8.23. The Bertz CT molecular complexity index is 1290. The molecule has 2 fully saturated rings. The van der Waals surface area contributed by atoms with E-state index in [4.69, 9.17) is 30.3 Å². The van der Waals surface area contributed by atoms with Gasteiger partial charge < -0.3 is 26.4 Å². The maximum Gasteiger partial charge on any atom is 0.0609 e. The number of aromatic nitrogens is 1. The van der Waals surface area contributed by atoms with Crippen molar-refractivity contribution in [1.82, 2.24) is 26.3 Å². The van der Waals surface area contributed by atoms with Gasteiger partial charge in [-0.2, -0.15) is 0 Å². The zero-order valence-electron chi connectivity index (χ0n) is 30.5. The maximum atomic E-state index is 10.8. The van der Waals surface area contributed by atoms with Gasteiger partial charge >= 0.3 is 39.3 Å². The normalized spacial score (nSPS) is 28.5. The van der Waals surface area contributed by atoms with Gasteiger partial charge in [0.05, 0.1) is 29.4 Å². The van der Waals surface area contributed by atoms with Crippen molar-refractivity contribution in [3.8, 4) is 0 Å². The van der Waals surface area contributed by atoms with Gasteiger partial charge in [0.25, 0.3) is 0 Å². The molecule has 2 heterocycles. The van der Waals surface area contributed by atoms with Crippen LogP contribution in [0.5, 0.6) is 0 Å².